The van der Waals surface area contributed by atoms with Crippen LogP contribution in [0, 0.1) is 17.3 Å². The van der Waals surface area contributed by atoms with Crippen LogP contribution in [0.15, 0.2) is 0 Å². The van der Waals surface area contributed by atoms with Crippen LogP contribution in [-0.4, -0.2) is 41.1 Å². The molecule has 3 unspecified atom stereocenters. The Morgan fingerprint density at radius 3 is 2.45 bits per heavy atom. The molecule has 2 aliphatic rings. The van der Waals surface area contributed by atoms with E-state index in [1.165, 1.54) is 6.42 Å². The number of aliphatic hydroxyl groups is 1. The van der Waals surface area contributed by atoms with Crippen LogP contribution in [0.5, 0.6) is 0 Å². The molecule has 20 heavy (non-hydrogen) atoms. The van der Waals surface area contributed by atoms with Crippen LogP contribution in [0.25, 0.3) is 0 Å². The number of nitrogens with two attached hydrogens (primary N) is 1. The average Bonchev–Trinajstić information content (AvgIpc) is 2.33. The zero-order valence-electron chi connectivity index (χ0n) is 13.1. The molecule has 0 aromatic carbocycles. The maximum atomic E-state index is 13.0. The predicted molar refractivity (Wildman–Crippen MR) is 80.1 cm³/mol. The van der Waals surface area contributed by atoms with Crippen molar-refractivity contribution < 1.29 is 9.90 Å². The van der Waals surface area contributed by atoms with Gasteiger partial charge >= 0.3 is 0 Å². The number of aliphatic hydroxyl groups excluding tert-OH is 1. The lowest BCUT2D eigenvalue weighted by atomic mass is 9.60. The zero-order valence-corrected chi connectivity index (χ0v) is 13.1. The van der Waals surface area contributed by atoms with E-state index >= 15 is 0 Å². The van der Waals surface area contributed by atoms with Crippen molar-refractivity contribution in [1.29, 1.82) is 0 Å². The van der Waals surface area contributed by atoms with Crippen LogP contribution >= 0.6 is 0 Å². The van der Waals surface area contributed by atoms with Gasteiger partial charge in [-0.25, -0.2) is 0 Å². The second-order valence-electron chi connectivity index (χ2n) is 7.24. The highest BCUT2D eigenvalue weighted by Gasteiger charge is 2.47. The molecule has 2 rings (SSSR count). The summed E-state index contributed by atoms with van der Waals surface area (Å²) in [5, 5.41) is 9.26. The Morgan fingerprint density at radius 2 is 1.95 bits per heavy atom. The van der Waals surface area contributed by atoms with E-state index in [-0.39, 0.29) is 29.9 Å². The molecule has 3 atom stereocenters. The van der Waals surface area contributed by atoms with Gasteiger partial charge in [0.05, 0.1) is 6.61 Å². The molecule has 1 amide bonds. The molecule has 4 heteroatoms. The highest BCUT2D eigenvalue weighted by Crippen LogP contribution is 2.45. The third kappa shape index (κ3) is 2.73. The summed E-state index contributed by atoms with van der Waals surface area (Å²) >= 11 is 0. The Hall–Kier alpha value is -0.610. The molecule has 0 aliphatic heterocycles. The smallest absolute Gasteiger partial charge is 0.226 e. The van der Waals surface area contributed by atoms with E-state index < -0.39 is 0 Å². The largest absolute Gasteiger partial charge is 0.395 e. The lowest BCUT2D eigenvalue weighted by Gasteiger charge is -2.49. The molecule has 0 bridgehead atoms. The highest BCUT2D eigenvalue weighted by atomic mass is 16.3. The topological polar surface area (TPSA) is 66.6 Å². The van der Waals surface area contributed by atoms with E-state index in [0.717, 1.165) is 25.7 Å². The Labute approximate surface area is 122 Å². The maximum Gasteiger partial charge on any atom is 0.226 e. The van der Waals surface area contributed by atoms with Crippen molar-refractivity contribution in [3.63, 3.8) is 0 Å². The summed E-state index contributed by atoms with van der Waals surface area (Å²) in [4.78, 5) is 14.9. The van der Waals surface area contributed by atoms with Gasteiger partial charge in [0.1, 0.15) is 0 Å². The fraction of sp³-hybridized carbons (Fsp3) is 0.938. The van der Waals surface area contributed by atoms with Crippen LogP contribution in [0.3, 0.4) is 0 Å². The van der Waals surface area contributed by atoms with Gasteiger partial charge in [0.15, 0.2) is 0 Å². The van der Waals surface area contributed by atoms with Crippen molar-refractivity contribution in [3.05, 3.63) is 0 Å². The second kappa shape index (κ2) is 6.02. The summed E-state index contributed by atoms with van der Waals surface area (Å²) in [5.41, 5.74) is 6.12. The van der Waals surface area contributed by atoms with Crippen molar-refractivity contribution in [2.45, 2.75) is 65.0 Å². The predicted octanol–water partition coefficient (Wildman–Crippen LogP) is 1.76. The molecule has 0 radical (unpaired) electrons. The molecule has 0 aromatic rings. The Kier molecular flexibility index (Phi) is 4.75. The molecule has 0 heterocycles. The minimum absolute atomic E-state index is 0.0458. The third-order valence-corrected chi connectivity index (χ3v) is 5.94. The summed E-state index contributed by atoms with van der Waals surface area (Å²) in [6, 6.07) is 0.556. The first kappa shape index (κ1) is 15.8. The normalized spacial score (nSPS) is 33.5. The van der Waals surface area contributed by atoms with Gasteiger partial charge in [-0.05, 0) is 43.4 Å². The molecule has 2 fully saturated rings. The van der Waals surface area contributed by atoms with Gasteiger partial charge in [0.25, 0.3) is 0 Å². The van der Waals surface area contributed by atoms with E-state index in [0.29, 0.717) is 18.5 Å². The number of hydrogen-bond donors (Lipinski definition) is 2. The van der Waals surface area contributed by atoms with Gasteiger partial charge in [0, 0.05) is 24.5 Å². The van der Waals surface area contributed by atoms with Crippen LogP contribution in [0.4, 0.5) is 0 Å². The first-order valence-corrected chi connectivity index (χ1v) is 8.06. The average molecular weight is 282 g/mol. The maximum absolute atomic E-state index is 13.0. The van der Waals surface area contributed by atoms with Crippen molar-refractivity contribution in [2.75, 3.05) is 13.2 Å². The minimum Gasteiger partial charge on any atom is -0.395 e. The molecule has 2 saturated carbocycles. The molecule has 3 N–H and O–H groups in total. The standard InChI is InChI=1S/C16H30N2O2/c1-11-14(17)8-7-13(16(11,2)3)15(20)18(9-10-19)12-5-4-6-12/h11-14,19H,4-10,17H2,1-3H3. The lowest BCUT2D eigenvalue weighted by molar-refractivity contribution is -0.148. The van der Waals surface area contributed by atoms with E-state index in [1.807, 2.05) is 4.90 Å². The summed E-state index contributed by atoms with van der Waals surface area (Å²) in [7, 11) is 0. The van der Waals surface area contributed by atoms with Crippen LogP contribution in [0.2, 0.25) is 0 Å². The van der Waals surface area contributed by atoms with E-state index in [2.05, 4.69) is 20.8 Å². The fourth-order valence-corrected chi connectivity index (χ4v) is 3.77. The van der Waals surface area contributed by atoms with Gasteiger partial charge in [0.2, 0.25) is 5.91 Å². The zero-order chi connectivity index (χ0) is 14.9. The van der Waals surface area contributed by atoms with Gasteiger partial charge in [-0.3, -0.25) is 4.79 Å². The number of hydrogen-bond acceptors (Lipinski definition) is 3. The first-order chi connectivity index (χ1) is 9.39. The molecular weight excluding hydrogens is 252 g/mol. The Morgan fingerprint density at radius 1 is 1.30 bits per heavy atom. The van der Waals surface area contributed by atoms with E-state index in [4.69, 9.17) is 5.73 Å². The quantitative estimate of drug-likeness (QED) is 0.825. The fourth-order valence-electron chi connectivity index (χ4n) is 3.77. The van der Waals surface area contributed by atoms with E-state index in [1.54, 1.807) is 0 Å². The number of amides is 1. The van der Waals surface area contributed by atoms with Crippen LogP contribution < -0.4 is 5.73 Å². The highest BCUT2D eigenvalue weighted by molar-refractivity contribution is 5.80. The minimum atomic E-state index is -0.0633. The van der Waals surface area contributed by atoms with Crippen molar-refractivity contribution >= 4 is 5.91 Å². The third-order valence-electron chi connectivity index (χ3n) is 5.94. The van der Waals surface area contributed by atoms with Gasteiger partial charge in [-0.15, -0.1) is 0 Å². The molecule has 2 aliphatic carbocycles. The molecule has 116 valence electrons. The Balaban J connectivity index is 2.13. The lowest BCUT2D eigenvalue weighted by Crippen LogP contribution is -2.55. The van der Waals surface area contributed by atoms with Crippen molar-refractivity contribution in [1.82, 2.24) is 4.90 Å². The van der Waals surface area contributed by atoms with Gasteiger partial charge in [-0.1, -0.05) is 20.8 Å². The first-order valence-electron chi connectivity index (χ1n) is 8.06. The molecule has 0 aromatic heterocycles. The second-order valence-corrected chi connectivity index (χ2v) is 7.24. The van der Waals surface area contributed by atoms with E-state index in [9.17, 15) is 9.90 Å². The van der Waals surface area contributed by atoms with Gasteiger partial charge < -0.3 is 15.7 Å². The number of carbonyl (C=O) groups is 1. The molecule has 0 saturated heterocycles. The SMILES string of the molecule is CC1C(N)CCC(C(=O)N(CCO)C2CCC2)C1(C)C. The molecule has 0 spiro atoms. The number of nitrogens with zero attached hydrogens (tertiary/aromatic N) is 1. The van der Waals surface area contributed by atoms with Crippen LogP contribution in [0.1, 0.15) is 52.9 Å². The van der Waals surface area contributed by atoms with Gasteiger partial charge in [-0.2, -0.15) is 0 Å². The monoisotopic (exact) mass is 282 g/mol. The Bertz CT molecular complexity index is 352. The summed E-state index contributed by atoms with van der Waals surface area (Å²) < 4.78 is 0. The summed E-state index contributed by atoms with van der Waals surface area (Å²) in [6.45, 7) is 7.07. The van der Waals surface area contributed by atoms with Crippen LogP contribution in [-0.2, 0) is 4.79 Å². The number of rotatable bonds is 4. The summed E-state index contributed by atoms with van der Waals surface area (Å²) in [5.74, 6) is 0.638. The molecular formula is C16H30N2O2. The number of carbonyl (C=O) groups excluding carboxylic acids is 1. The summed E-state index contributed by atoms with van der Waals surface area (Å²) in [6.07, 6.45) is 5.20. The van der Waals surface area contributed by atoms with Crippen molar-refractivity contribution in [2.24, 2.45) is 23.0 Å². The molecule has 4 nitrogen and oxygen atoms in total. The van der Waals surface area contributed by atoms with Crippen molar-refractivity contribution in [3.8, 4) is 0 Å².